The van der Waals surface area contributed by atoms with Gasteiger partial charge >= 0.3 is 0 Å². The van der Waals surface area contributed by atoms with Crippen LogP contribution in [-0.2, 0) is 0 Å². The summed E-state index contributed by atoms with van der Waals surface area (Å²) in [7, 11) is 0. The molecule has 5 heteroatoms. The fraction of sp³-hybridized carbons (Fsp3) is 0.667. The minimum absolute atomic E-state index is 0.554. The molecular formula is C6H12N4S. The third kappa shape index (κ3) is 2.80. The Morgan fingerprint density at radius 2 is 2.64 bits per heavy atom. The first kappa shape index (κ1) is 8.39. The molecule has 0 atom stereocenters. The number of rotatable bonds is 0. The minimum Gasteiger partial charge on any atom is -0.378 e. The lowest BCUT2D eigenvalue weighted by Crippen LogP contribution is -2.29. The molecule has 0 saturated carbocycles. The summed E-state index contributed by atoms with van der Waals surface area (Å²) < 4.78 is 0. The molecule has 0 spiro atoms. The highest BCUT2D eigenvalue weighted by atomic mass is 32.2. The minimum atomic E-state index is 0.554. The molecule has 4 nitrogen and oxygen atoms in total. The first-order valence-corrected chi connectivity index (χ1v) is 4.72. The Labute approximate surface area is 70.4 Å². The van der Waals surface area contributed by atoms with Crippen molar-refractivity contribution in [1.82, 2.24) is 5.32 Å². The number of nitrogens with two attached hydrogens (primary N) is 1. The Hall–Kier alpha value is -0.710. The SMILES string of the molecule is CSC(N)=NC1=NCCCN1. The van der Waals surface area contributed by atoms with Gasteiger partial charge in [-0.2, -0.15) is 4.99 Å². The van der Waals surface area contributed by atoms with E-state index in [1.165, 1.54) is 11.8 Å². The molecule has 0 fully saturated rings. The van der Waals surface area contributed by atoms with E-state index in [4.69, 9.17) is 5.73 Å². The van der Waals surface area contributed by atoms with E-state index in [0.717, 1.165) is 19.5 Å². The van der Waals surface area contributed by atoms with E-state index in [-0.39, 0.29) is 0 Å². The Morgan fingerprint density at radius 1 is 1.82 bits per heavy atom. The average molecular weight is 172 g/mol. The van der Waals surface area contributed by atoms with Crippen molar-refractivity contribution in [2.45, 2.75) is 6.42 Å². The van der Waals surface area contributed by atoms with Crippen LogP contribution in [0.25, 0.3) is 0 Å². The highest BCUT2D eigenvalue weighted by molar-refractivity contribution is 8.13. The number of amidine groups is 1. The van der Waals surface area contributed by atoms with Crippen LogP contribution >= 0.6 is 11.8 Å². The predicted molar refractivity (Wildman–Crippen MR) is 50.1 cm³/mol. The Bertz CT molecular complexity index is 187. The van der Waals surface area contributed by atoms with Crippen molar-refractivity contribution in [3.8, 4) is 0 Å². The summed E-state index contributed by atoms with van der Waals surface area (Å²) in [6.07, 6.45) is 2.97. The molecular weight excluding hydrogens is 160 g/mol. The zero-order valence-electron chi connectivity index (χ0n) is 6.50. The van der Waals surface area contributed by atoms with Crippen LogP contribution in [0.5, 0.6) is 0 Å². The van der Waals surface area contributed by atoms with Crippen molar-refractivity contribution >= 4 is 22.9 Å². The molecule has 1 aliphatic rings. The van der Waals surface area contributed by atoms with Gasteiger partial charge < -0.3 is 11.1 Å². The number of thioether (sulfide) groups is 1. The molecule has 62 valence electrons. The largest absolute Gasteiger partial charge is 0.378 e. The summed E-state index contributed by atoms with van der Waals surface area (Å²) in [5, 5.41) is 3.61. The topological polar surface area (TPSA) is 62.8 Å². The smallest absolute Gasteiger partial charge is 0.220 e. The van der Waals surface area contributed by atoms with Gasteiger partial charge in [0.2, 0.25) is 5.96 Å². The summed E-state index contributed by atoms with van der Waals surface area (Å²) in [5.74, 6) is 0.670. The van der Waals surface area contributed by atoms with Crippen LogP contribution in [0, 0.1) is 0 Å². The summed E-state index contributed by atoms with van der Waals surface area (Å²) in [4.78, 5) is 8.19. The zero-order chi connectivity index (χ0) is 8.10. The molecule has 0 unspecified atom stereocenters. The van der Waals surface area contributed by atoms with Crippen LogP contribution in [0.15, 0.2) is 9.98 Å². The van der Waals surface area contributed by atoms with Crippen molar-refractivity contribution in [2.75, 3.05) is 19.3 Å². The van der Waals surface area contributed by atoms with E-state index in [1.807, 2.05) is 6.26 Å². The number of nitrogens with zero attached hydrogens (tertiary/aromatic N) is 2. The van der Waals surface area contributed by atoms with Crippen LogP contribution in [0.4, 0.5) is 0 Å². The van der Waals surface area contributed by atoms with E-state index in [2.05, 4.69) is 15.3 Å². The first-order valence-electron chi connectivity index (χ1n) is 3.49. The summed E-state index contributed by atoms with van der Waals surface area (Å²) in [5.41, 5.74) is 5.50. The molecule has 0 aromatic heterocycles. The van der Waals surface area contributed by atoms with Crippen LogP contribution in [0.2, 0.25) is 0 Å². The molecule has 1 rings (SSSR count). The quantitative estimate of drug-likeness (QED) is 0.400. The molecule has 0 bridgehead atoms. The van der Waals surface area contributed by atoms with Gasteiger partial charge in [-0.1, -0.05) is 11.8 Å². The predicted octanol–water partition coefficient (Wildman–Crippen LogP) is 0.0134. The molecule has 1 heterocycles. The molecule has 11 heavy (non-hydrogen) atoms. The molecule has 0 saturated heterocycles. The summed E-state index contributed by atoms with van der Waals surface area (Å²) >= 11 is 1.43. The highest BCUT2D eigenvalue weighted by Crippen LogP contribution is 1.95. The molecule has 3 N–H and O–H groups in total. The van der Waals surface area contributed by atoms with Crippen molar-refractivity contribution in [3.63, 3.8) is 0 Å². The van der Waals surface area contributed by atoms with E-state index in [0.29, 0.717) is 11.1 Å². The molecule has 0 amide bonds. The average Bonchev–Trinajstić information content (AvgIpc) is 2.06. The number of nitrogens with one attached hydrogen (secondary N) is 1. The molecule has 0 aromatic carbocycles. The fourth-order valence-corrected chi connectivity index (χ4v) is 0.923. The van der Waals surface area contributed by atoms with Crippen molar-refractivity contribution in [3.05, 3.63) is 0 Å². The van der Waals surface area contributed by atoms with Crippen molar-refractivity contribution in [1.29, 1.82) is 0 Å². The molecule has 0 aromatic rings. The standard InChI is InChI=1S/C6H12N4S/c1-11-5(7)10-6-8-3-2-4-9-6/h2-4H2,1H3,(H3,7,8,9,10). The van der Waals surface area contributed by atoms with Crippen molar-refractivity contribution in [2.24, 2.45) is 15.7 Å². The maximum atomic E-state index is 5.50. The highest BCUT2D eigenvalue weighted by Gasteiger charge is 2.01. The van der Waals surface area contributed by atoms with E-state index in [1.54, 1.807) is 0 Å². The second-order valence-corrected chi connectivity index (χ2v) is 2.97. The molecule has 1 aliphatic heterocycles. The Kier molecular flexibility index (Phi) is 3.22. The lowest BCUT2D eigenvalue weighted by molar-refractivity contribution is 0.736. The van der Waals surface area contributed by atoms with Gasteiger partial charge in [-0.15, -0.1) is 0 Å². The number of hydrogen-bond acceptors (Lipinski definition) is 4. The van der Waals surface area contributed by atoms with Crippen LogP contribution < -0.4 is 11.1 Å². The summed E-state index contributed by atoms with van der Waals surface area (Å²) in [6.45, 7) is 1.80. The maximum Gasteiger partial charge on any atom is 0.220 e. The van der Waals surface area contributed by atoms with Gasteiger partial charge in [-0.25, -0.2) is 0 Å². The molecule has 0 aliphatic carbocycles. The van der Waals surface area contributed by atoms with Gasteiger partial charge in [-0.05, 0) is 12.7 Å². The lowest BCUT2D eigenvalue weighted by Gasteiger charge is -2.10. The third-order valence-electron chi connectivity index (χ3n) is 1.30. The van der Waals surface area contributed by atoms with Gasteiger partial charge in [0.05, 0.1) is 0 Å². The van der Waals surface area contributed by atoms with Gasteiger partial charge in [0.15, 0.2) is 5.17 Å². The maximum absolute atomic E-state index is 5.50. The second kappa shape index (κ2) is 4.23. The monoisotopic (exact) mass is 172 g/mol. The Balaban J connectivity index is 2.53. The fourth-order valence-electron chi connectivity index (χ4n) is 0.745. The summed E-state index contributed by atoms with van der Waals surface area (Å²) in [6, 6.07) is 0. The lowest BCUT2D eigenvalue weighted by atomic mass is 10.4. The first-order chi connectivity index (χ1) is 5.33. The van der Waals surface area contributed by atoms with Gasteiger partial charge in [0.25, 0.3) is 0 Å². The van der Waals surface area contributed by atoms with Gasteiger partial charge in [-0.3, -0.25) is 4.99 Å². The van der Waals surface area contributed by atoms with Crippen LogP contribution in [0.1, 0.15) is 6.42 Å². The van der Waals surface area contributed by atoms with Crippen LogP contribution in [-0.4, -0.2) is 30.5 Å². The second-order valence-electron chi connectivity index (χ2n) is 2.14. The van der Waals surface area contributed by atoms with Crippen molar-refractivity contribution < 1.29 is 0 Å². The normalized spacial score (nSPS) is 19.0. The third-order valence-corrected chi connectivity index (χ3v) is 1.81. The van der Waals surface area contributed by atoms with E-state index < -0.39 is 0 Å². The zero-order valence-corrected chi connectivity index (χ0v) is 7.32. The van der Waals surface area contributed by atoms with Crippen LogP contribution in [0.3, 0.4) is 0 Å². The van der Waals surface area contributed by atoms with Gasteiger partial charge in [0.1, 0.15) is 0 Å². The Morgan fingerprint density at radius 3 is 3.18 bits per heavy atom. The van der Waals surface area contributed by atoms with E-state index in [9.17, 15) is 0 Å². The number of guanidine groups is 1. The molecule has 0 radical (unpaired) electrons. The van der Waals surface area contributed by atoms with E-state index >= 15 is 0 Å². The number of aliphatic imine (C=N–C) groups is 2. The number of hydrogen-bond donors (Lipinski definition) is 2. The van der Waals surface area contributed by atoms with Gasteiger partial charge in [0, 0.05) is 13.1 Å².